The molecule has 0 aliphatic carbocycles. The average molecular weight is 402 g/mol. The van der Waals surface area contributed by atoms with Crippen molar-refractivity contribution >= 4 is 29.1 Å². The van der Waals surface area contributed by atoms with E-state index in [1.54, 1.807) is 48.0 Å². The molecule has 0 saturated heterocycles. The van der Waals surface area contributed by atoms with Crippen LogP contribution in [-0.2, 0) is 0 Å². The number of aromatic nitrogens is 2. The molecule has 5 nitrogen and oxygen atoms in total. The first-order valence-corrected chi connectivity index (χ1v) is 9.04. The number of hydrogen-bond donors (Lipinski definition) is 1. The van der Waals surface area contributed by atoms with Gasteiger partial charge in [0.15, 0.2) is 5.69 Å². The zero-order valence-corrected chi connectivity index (χ0v) is 16.3. The Balaban J connectivity index is 1.90. The summed E-state index contributed by atoms with van der Waals surface area (Å²) in [5, 5.41) is 8.27. The maximum absolute atomic E-state index is 12.6. The fourth-order valence-corrected chi connectivity index (χ4v) is 2.90. The Labute approximate surface area is 166 Å². The molecule has 1 aromatic heterocycles. The molecule has 1 unspecified atom stereocenters. The molecule has 27 heavy (non-hydrogen) atoms. The first kappa shape index (κ1) is 19.1. The number of carbonyl (C=O) groups is 1. The van der Waals surface area contributed by atoms with Gasteiger partial charge in [-0.25, -0.2) is 4.68 Å². The minimum atomic E-state index is -0.537. The van der Waals surface area contributed by atoms with Gasteiger partial charge >= 0.3 is 0 Å². The van der Waals surface area contributed by atoms with Crippen LogP contribution in [0.3, 0.4) is 0 Å². The van der Waals surface area contributed by atoms with Crippen molar-refractivity contribution in [1.29, 1.82) is 0 Å². The number of rotatable bonds is 4. The molecule has 0 bridgehead atoms. The number of carbonyl (C=O) groups excluding carboxylic acids is 1. The fraction of sp³-hybridized carbons (Fsp3) is 0.150. The Kier molecular flexibility index (Phi) is 5.63. The van der Waals surface area contributed by atoms with Crippen molar-refractivity contribution in [2.75, 3.05) is 0 Å². The lowest BCUT2D eigenvalue weighted by Gasteiger charge is -2.15. The van der Waals surface area contributed by atoms with Crippen LogP contribution in [0, 0.1) is 6.92 Å². The third-order valence-electron chi connectivity index (χ3n) is 4.11. The summed E-state index contributed by atoms with van der Waals surface area (Å²) in [6.45, 7) is 3.58. The van der Waals surface area contributed by atoms with E-state index in [-0.39, 0.29) is 11.7 Å². The minimum absolute atomic E-state index is 0.170. The summed E-state index contributed by atoms with van der Waals surface area (Å²) >= 11 is 11.8. The molecule has 0 aliphatic rings. The van der Waals surface area contributed by atoms with Gasteiger partial charge in [0.1, 0.15) is 0 Å². The number of hydrogen-bond acceptors (Lipinski definition) is 3. The Morgan fingerprint density at radius 2 is 1.59 bits per heavy atom. The second kappa shape index (κ2) is 7.94. The van der Waals surface area contributed by atoms with E-state index in [1.807, 2.05) is 19.1 Å². The lowest BCUT2D eigenvalue weighted by Crippen LogP contribution is -2.33. The maximum atomic E-state index is 12.6. The SMILES string of the molecule is Cc1cc(=O)c(C(=O)NC(C)c2ccc(Cl)cc2)nn1-c1ccc(Cl)cc1. The van der Waals surface area contributed by atoms with Gasteiger partial charge in [-0.3, -0.25) is 9.59 Å². The van der Waals surface area contributed by atoms with Gasteiger partial charge in [-0.05, 0) is 55.8 Å². The molecule has 3 aromatic rings. The molecule has 2 aromatic carbocycles. The zero-order chi connectivity index (χ0) is 19.6. The van der Waals surface area contributed by atoms with Crippen LogP contribution in [0.15, 0.2) is 59.4 Å². The van der Waals surface area contributed by atoms with Gasteiger partial charge in [-0.15, -0.1) is 0 Å². The quantitative estimate of drug-likeness (QED) is 0.706. The third-order valence-corrected chi connectivity index (χ3v) is 4.62. The fourth-order valence-electron chi connectivity index (χ4n) is 2.65. The van der Waals surface area contributed by atoms with Crippen molar-refractivity contribution in [1.82, 2.24) is 15.1 Å². The van der Waals surface area contributed by atoms with Gasteiger partial charge in [-0.2, -0.15) is 5.10 Å². The molecule has 0 fully saturated rings. The smallest absolute Gasteiger partial charge is 0.276 e. The Hall–Kier alpha value is -2.63. The number of nitrogens with one attached hydrogen (secondary N) is 1. The molecule has 0 saturated carbocycles. The van der Waals surface area contributed by atoms with E-state index in [1.165, 1.54) is 6.07 Å². The molecule has 3 rings (SSSR count). The van der Waals surface area contributed by atoms with E-state index < -0.39 is 11.3 Å². The second-order valence-corrected chi connectivity index (χ2v) is 7.01. The van der Waals surface area contributed by atoms with E-state index in [0.717, 1.165) is 5.56 Å². The van der Waals surface area contributed by atoms with E-state index in [0.29, 0.717) is 21.4 Å². The summed E-state index contributed by atoms with van der Waals surface area (Å²) in [4.78, 5) is 24.9. The Bertz CT molecular complexity index is 1030. The number of aryl methyl sites for hydroxylation is 1. The van der Waals surface area contributed by atoms with Gasteiger partial charge in [0.25, 0.3) is 5.91 Å². The van der Waals surface area contributed by atoms with Crippen LogP contribution < -0.4 is 10.7 Å². The topological polar surface area (TPSA) is 64.0 Å². The Morgan fingerprint density at radius 3 is 2.19 bits per heavy atom. The van der Waals surface area contributed by atoms with E-state index >= 15 is 0 Å². The highest BCUT2D eigenvalue weighted by Crippen LogP contribution is 2.17. The first-order chi connectivity index (χ1) is 12.8. The normalized spacial score (nSPS) is 11.9. The third kappa shape index (κ3) is 4.38. The van der Waals surface area contributed by atoms with Crippen LogP contribution in [0.1, 0.15) is 34.7 Å². The standard InChI is InChI=1S/C20H17Cl2N3O2/c1-12-11-18(26)19(24-25(12)17-9-7-16(22)8-10-17)20(27)23-13(2)14-3-5-15(21)6-4-14/h3-11,13H,1-2H3,(H,23,27). The van der Waals surface area contributed by atoms with E-state index in [4.69, 9.17) is 23.2 Å². The van der Waals surface area contributed by atoms with Crippen molar-refractivity contribution in [2.45, 2.75) is 19.9 Å². The largest absolute Gasteiger partial charge is 0.344 e. The molecule has 7 heteroatoms. The van der Waals surface area contributed by atoms with Crippen LogP contribution in [0.5, 0.6) is 0 Å². The van der Waals surface area contributed by atoms with E-state index in [9.17, 15) is 9.59 Å². The molecule has 1 heterocycles. The van der Waals surface area contributed by atoms with Crippen molar-refractivity contribution in [3.05, 3.63) is 91.8 Å². The number of amides is 1. The molecule has 1 amide bonds. The van der Waals surface area contributed by atoms with Crippen LogP contribution in [0.25, 0.3) is 5.69 Å². The van der Waals surface area contributed by atoms with Crippen LogP contribution in [-0.4, -0.2) is 15.7 Å². The van der Waals surface area contributed by atoms with Crippen molar-refractivity contribution in [2.24, 2.45) is 0 Å². The second-order valence-electron chi connectivity index (χ2n) is 6.13. The van der Waals surface area contributed by atoms with Gasteiger partial charge in [0.2, 0.25) is 5.43 Å². The van der Waals surface area contributed by atoms with Crippen LogP contribution in [0.2, 0.25) is 10.0 Å². The van der Waals surface area contributed by atoms with Crippen molar-refractivity contribution < 1.29 is 4.79 Å². The highest BCUT2D eigenvalue weighted by atomic mass is 35.5. The summed E-state index contributed by atoms with van der Waals surface area (Å²) < 4.78 is 1.54. The monoisotopic (exact) mass is 401 g/mol. The van der Waals surface area contributed by atoms with Crippen molar-refractivity contribution in [3.63, 3.8) is 0 Å². The highest BCUT2D eigenvalue weighted by molar-refractivity contribution is 6.30. The van der Waals surface area contributed by atoms with Crippen molar-refractivity contribution in [3.8, 4) is 5.69 Å². The first-order valence-electron chi connectivity index (χ1n) is 8.28. The van der Waals surface area contributed by atoms with Crippen LogP contribution in [0.4, 0.5) is 0 Å². The predicted molar refractivity (Wildman–Crippen MR) is 107 cm³/mol. The number of benzene rings is 2. The van der Waals surface area contributed by atoms with Crippen LogP contribution >= 0.6 is 23.2 Å². The molecule has 1 N–H and O–H groups in total. The Morgan fingerprint density at radius 1 is 1.04 bits per heavy atom. The molecule has 0 spiro atoms. The van der Waals surface area contributed by atoms with E-state index in [2.05, 4.69) is 10.4 Å². The summed E-state index contributed by atoms with van der Waals surface area (Å²) in [5.41, 5.74) is 1.59. The molecule has 1 atom stereocenters. The number of nitrogens with zero attached hydrogens (tertiary/aromatic N) is 2. The summed E-state index contributed by atoms with van der Waals surface area (Å²) in [6.07, 6.45) is 0. The highest BCUT2D eigenvalue weighted by Gasteiger charge is 2.18. The number of halogens is 2. The molecule has 138 valence electrons. The summed E-state index contributed by atoms with van der Waals surface area (Å²) in [7, 11) is 0. The molecule has 0 radical (unpaired) electrons. The zero-order valence-electron chi connectivity index (χ0n) is 14.7. The molecular formula is C20H17Cl2N3O2. The van der Waals surface area contributed by atoms with Gasteiger partial charge < -0.3 is 5.32 Å². The summed E-state index contributed by atoms with van der Waals surface area (Å²) in [6, 6.07) is 15.2. The summed E-state index contributed by atoms with van der Waals surface area (Å²) in [5.74, 6) is -0.537. The molecule has 0 aliphatic heterocycles. The minimum Gasteiger partial charge on any atom is -0.344 e. The molecular weight excluding hydrogens is 385 g/mol. The van der Waals surface area contributed by atoms with Gasteiger partial charge in [0, 0.05) is 21.8 Å². The predicted octanol–water partition coefficient (Wildman–Crippen LogP) is 4.34. The lowest BCUT2D eigenvalue weighted by molar-refractivity contribution is 0.0932. The maximum Gasteiger partial charge on any atom is 0.276 e. The van der Waals surface area contributed by atoms with Gasteiger partial charge in [-0.1, -0.05) is 35.3 Å². The average Bonchev–Trinajstić information content (AvgIpc) is 2.63. The lowest BCUT2D eigenvalue weighted by atomic mass is 10.1. The van der Waals surface area contributed by atoms with Gasteiger partial charge in [0.05, 0.1) is 11.7 Å².